The van der Waals surface area contributed by atoms with Crippen LogP contribution < -0.4 is 4.72 Å². The Bertz CT molecular complexity index is 796. The lowest BCUT2D eigenvalue weighted by Crippen LogP contribution is -2.38. The van der Waals surface area contributed by atoms with Crippen LogP contribution in [0.4, 0.5) is 0 Å². The monoisotopic (exact) mass is 376 g/mol. The minimum absolute atomic E-state index is 0.0228. The first-order valence-corrected chi connectivity index (χ1v) is 10.4. The maximum Gasteiger partial charge on any atom is 0.321 e. The van der Waals surface area contributed by atoms with Crippen molar-refractivity contribution in [1.29, 1.82) is 0 Å². The van der Waals surface area contributed by atoms with Crippen molar-refractivity contribution in [3.63, 3.8) is 0 Å². The van der Waals surface area contributed by atoms with Crippen LogP contribution in [0.25, 0.3) is 0 Å². The number of hydrogen-bond acceptors (Lipinski definition) is 5. The van der Waals surface area contributed by atoms with Gasteiger partial charge in [0, 0.05) is 13.1 Å². The molecule has 1 atom stereocenters. The van der Waals surface area contributed by atoms with Crippen LogP contribution in [0, 0.1) is 0 Å². The molecule has 0 aromatic heterocycles. The molecule has 1 fully saturated rings. The number of carbonyl (C=O) groups is 1. The second-order valence-corrected chi connectivity index (χ2v) is 9.27. The molecule has 0 unspecified atom stereocenters. The Balaban J connectivity index is 2.22. The van der Waals surface area contributed by atoms with E-state index >= 15 is 0 Å². The number of piperidine rings is 1. The van der Waals surface area contributed by atoms with Crippen LogP contribution in [0.5, 0.6) is 0 Å². The van der Waals surface area contributed by atoms with E-state index in [1.54, 1.807) is 0 Å². The van der Waals surface area contributed by atoms with Gasteiger partial charge < -0.3 is 5.11 Å². The number of carboxylic acids is 1. The fourth-order valence-corrected chi connectivity index (χ4v) is 5.11. The van der Waals surface area contributed by atoms with Crippen LogP contribution in [-0.4, -0.2) is 51.3 Å². The van der Waals surface area contributed by atoms with Gasteiger partial charge in [-0.1, -0.05) is 6.42 Å². The predicted molar refractivity (Wildman–Crippen MR) is 86.5 cm³/mol. The summed E-state index contributed by atoms with van der Waals surface area (Å²) in [4.78, 5) is 10.6. The third kappa shape index (κ3) is 4.12. The second kappa shape index (κ2) is 7.18. The number of carboxylic acid groups (broad SMARTS) is 1. The molecule has 0 spiro atoms. The van der Waals surface area contributed by atoms with Crippen LogP contribution in [0.2, 0.25) is 0 Å². The molecule has 1 aliphatic rings. The summed E-state index contributed by atoms with van der Waals surface area (Å²) in [5.41, 5.74) is 0. The van der Waals surface area contributed by atoms with Crippen molar-refractivity contribution in [1.82, 2.24) is 9.03 Å². The minimum atomic E-state index is -4.03. The van der Waals surface area contributed by atoms with Crippen molar-refractivity contribution in [2.75, 3.05) is 13.1 Å². The molecule has 1 saturated heterocycles. The van der Waals surface area contributed by atoms with Gasteiger partial charge in [-0.05, 0) is 44.0 Å². The molecule has 0 radical (unpaired) electrons. The van der Waals surface area contributed by atoms with Crippen LogP contribution >= 0.6 is 0 Å². The molecule has 0 bridgehead atoms. The topological polar surface area (TPSA) is 121 Å². The van der Waals surface area contributed by atoms with Gasteiger partial charge >= 0.3 is 5.97 Å². The van der Waals surface area contributed by atoms with E-state index in [4.69, 9.17) is 5.11 Å². The van der Waals surface area contributed by atoms with Crippen molar-refractivity contribution in [2.24, 2.45) is 0 Å². The number of nitrogens with one attached hydrogen (secondary N) is 1. The summed E-state index contributed by atoms with van der Waals surface area (Å²) in [6.07, 6.45) is 2.61. The highest BCUT2D eigenvalue weighted by molar-refractivity contribution is 7.89. The molecule has 2 N–H and O–H groups in total. The first-order chi connectivity index (χ1) is 11.1. The van der Waals surface area contributed by atoms with Crippen LogP contribution in [0.15, 0.2) is 34.1 Å². The Hall–Kier alpha value is -1.49. The number of nitrogens with zero attached hydrogens (tertiary/aromatic N) is 1. The maximum absolute atomic E-state index is 12.5. The summed E-state index contributed by atoms with van der Waals surface area (Å²) in [5.74, 6) is -1.30. The first kappa shape index (κ1) is 18.8. The van der Waals surface area contributed by atoms with Crippen molar-refractivity contribution < 1.29 is 26.7 Å². The van der Waals surface area contributed by atoms with Gasteiger partial charge in [0.05, 0.1) is 9.79 Å². The molecule has 2 rings (SSSR count). The Kier molecular flexibility index (Phi) is 5.63. The lowest BCUT2D eigenvalue weighted by molar-refractivity contribution is -0.138. The smallest absolute Gasteiger partial charge is 0.321 e. The summed E-state index contributed by atoms with van der Waals surface area (Å²) >= 11 is 0. The molecule has 0 aliphatic carbocycles. The zero-order valence-electron chi connectivity index (χ0n) is 13.2. The molecule has 1 heterocycles. The molecular weight excluding hydrogens is 356 g/mol. The van der Waals surface area contributed by atoms with Gasteiger partial charge in [-0.2, -0.15) is 9.03 Å². The van der Waals surface area contributed by atoms with E-state index in [1.807, 2.05) is 4.72 Å². The molecular formula is C14H20N2O6S2. The second-order valence-electron chi connectivity index (χ2n) is 5.62. The third-order valence-corrected chi connectivity index (χ3v) is 7.26. The standard InChI is InChI=1S/C14H20N2O6S2/c1-11(14(17)18)15-23(19,20)12-5-7-13(8-6-12)24(21,22)16-9-3-2-4-10-16/h5-8,11,15H,2-4,9-10H2,1H3,(H,17,18)/t11-/m0/s1. The highest BCUT2D eigenvalue weighted by Crippen LogP contribution is 2.22. The van der Waals surface area contributed by atoms with E-state index in [1.165, 1.54) is 23.4 Å². The molecule has 0 amide bonds. The number of benzene rings is 1. The largest absolute Gasteiger partial charge is 0.480 e. The lowest BCUT2D eigenvalue weighted by atomic mass is 10.2. The molecule has 8 nitrogen and oxygen atoms in total. The van der Waals surface area contributed by atoms with Crippen molar-refractivity contribution in [2.45, 2.75) is 42.0 Å². The maximum atomic E-state index is 12.5. The first-order valence-electron chi connectivity index (χ1n) is 7.50. The summed E-state index contributed by atoms with van der Waals surface area (Å²) in [6.45, 7) is 2.12. The van der Waals surface area contributed by atoms with E-state index in [9.17, 15) is 21.6 Å². The van der Waals surface area contributed by atoms with E-state index < -0.39 is 32.1 Å². The van der Waals surface area contributed by atoms with Gasteiger partial charge in [-0.3, -0.25) is 4.79 Å². The van der Waals surface area contributed by atoms with E-state index in [2.05, 4.69) is 0 Å². The number of aliphatic carboxylic acids is 1. The van der Waals surface area contributed by atoms with Gasteiger partial charge in [0.15, 0.2) is 0 Å². The fourth-order valence-electron chi connectivity index (χ4n) is 2.40. The number of hydrogen-bond donors (Lipinski definition) is 2. The normalized spacial score (nSPS) is 18.2. The van der Waals surface area contributed by atoms with E-state index in [0.717, 1.165) is 31.4 Å². The summed E-state index contributed by atoms with van der Waals surface area (Å²) in [5, 5.41) is 8.78. The van der Waals surface area contributed by atoms with Crippen LogP contribution in [0.1, 0.15) is 26.2 Å². The van der Waals surface area contributed by atoms with Gasteiger partial charge in [0.2, 0.25) is 20.0 Å². The number of sulfonamides is 2. The van der Waals surface area contributed by atoms with E-state index in [0.29, 0.717) is 13.1 Å². The molecule has 1 aromatic rings. The highest BCUT2D eigenvalue weighted by atomic mass is 32.2. The summed E-state index contributed by atoms with van der Waals surface area (Å²) < 4.78 is 52.5. The zero-order valence-corrected chi connectivity index (χ0v) is 14.8. The van der Waals surface area contributed by atoms with Crippen LogP contribution in [0.3, 0.4) is 0 Å². The van der Waals surface area contributed by atoms with Gasteiger partial charge in [0.1, 0.15) is 6.04 Å². The average Bonchev–Trinajstić information content (AvgIpc) is 2.55. The Labute approximate surface area is 141 Å². The molecule has 0 saturated carbocycles. The Morgan fingerprint density at radius 2 is 1.54 bits per heavy atom. The van der Waals surface area contributed by atoms with Gasteiger partial charge in [-0.15, -0.1) is 0 Å². The van der Waals surface area contributed by atoms with Crippen LogP contribution in [-0.2, 0) is 24.8 Å². The highest BCUT2D eigenvalue weighted by Gasteiger charge is 2.27. The zero-order chi connectivity index (χ0) is 18.0. The molecule has 1 aliphatic heterocycles. The predicted octanol–water partition coefficient (Wildman–Crippen LogP) is 0.613. The Morgan fingerprint density at radius 1 is 1.04 bits per heavy atom. The minimum Gasteiger partial charge on any atom is -0.480 e. The summed E-state index contributed by atoms with van der Waals surface area (Å²) in [6, 6.07) is 3.49. The fraction of sp³-hybridized carbons (Fsp3) is 0.500. The van der Waals surface area contributed by atoms with Gasteiger partial charge in [0.25, 0.3) is 0 Å². The summed E-state index contributed by atoms with van der Waals surface area (Å²) in [7, 11) is -7.67. The quantitative estimate of drug-likeness (QED) is 0.750. The average molecular weight is 376 g/mol. The molecule has 24 heavy (non-hydrogen) atoms. The van der Waals surface area contributed by atoms with Crippen molar-refractivity contribution >= 4 is 26.0 Å². The molecule has 10 heteroatoms. The lowest BCUT2D eigenvalue weighted by Gasteiger charge is -2.25. The SMILES string of the molecule is C[C@H](NS(=O)(=O)c1ccc(S(=O)(=O)N2CCCCC2)cc1)C(=O)O. The van der Waals surface area contributed by atoms with E-state index in [-0.39, 0.29) is 9.79 Å². The molecule has 134 valence electrons. The third-order valence-electron chi connectivity index (χ3n) is 3.79. The Morgan fingerprint density at radius 3 is 2.04 bits per heavy atom. The van der Waals surface area contributed by atoms with Gasteiger partial charge in [-0.25, -0.2) is 16.8 Å². The van der Waals surface area contributed by atoms with Crippen molar-refractivity contribution in [3.05, 3.63) is 24.3 Å². The van der Waals surface area contributed by atoms with Crippen molar-refractivity contribution in [3.8, 4) is 0 Å². The number of rotatable bonds is 6. The molecule has 1 aromatic carbocycles.